The molecule has 0 atom stereocenters. The van der Waals surface area contributed by atoms with Gasteiger partial charge in [0.25, 0.3) is 5.69 Å². The van der Waals surface area contributed by atoms with Crippen LogP contribution in [0, 0.1) is 17.0 Å². The largest absolute Gasteiger partial charge is 0.422 e. The zero-order valence-corrected chi connectivity index (χ0v) is 9.92. The van der Waals surface area contributed by atoms with Crippen molar-refractivity contribution in [3.63, 3.8) is 0 Å². The third-order valence-corrected chi connectivity index (χ3v) is 2.34. The van der Waals surface area contributed by atoms with Crippen LogP contribution in [0.25, 0.3) is 11.4 Å². The number of hydrogen-bond acceptors (Lipinski definition) is 6. The number of hydrogen-bond donors (Lipinski definition) is 0. The van der Waals surface area contributed by atoms with Gasteiger partial charge in [-0.15, -0.1) is 20.4 Å². The van der Waals surface area contributed by atoms with Crippen molar-refractivity contribution in [2.45, 2.75) is 13.1 Å². The molecule has 0 N–H and O–H groups in total. The van der Waals surface area contributed by atoms with Gasteiger partial charge in [0, 0.05) is 11.6 Å². The van der Waals surface area contributed by atoms with Crippen molar-refractivity contribution < 1.29 is 18.1 Å². The number of aryl methyl sites for hydroxylation is 1. The zero-order valence-electron chi connectivity index (χ0n) is 9.92. The predicted molar refractivity (Wildman–Crippen MR) is 59.5 cm³/mol. The summed E-state index contributed by atoms with van der Waals surface area (Å²) in [5.74, 6) is 0.183. The first-order valence-corrected chi connectivity index (χ1v) is 5.19. The molecule has 20 heavy (non-hydrogen) atoms. The summed E-state index contributed by atoms with van der Waals surface area (Å²) >= 11 is 0. The van der Waals surface area contributed by atoms with Crippen LogP contribution in [0.4, 0.5) is 18.9 Å². The zero-order chi connectivity index (χ0) is 14.9. The van der Waals surface area contributed by atoms with E-state index in [1.165, 1.54) is 6.92 Å². The smallest absolute Gasteiger partial charge is 0.258 e. The van der Waals surface area contributed by atoms with Gasteiger partial charge in [-0.05, 0) is 19.1 Å². The summed E-state index contributed by atoms with van der Waals surface area (Å²) < 4.78 is 37.9. The van der Waals surface area contributed by atoms with Crippen LogP contribution < -0.4 is 0 Å². The topological polar surface area (TPSA) is 94.7 Å². The number of halogens is 3. The van der Waals surface area contributed by atoms with Crippen molar-refractivity contribution in [3.05, 3.63) is 39.7 Å². The average molecular weight is 285 g/mol. The van der Waals surface area contributed by atoms with Crippen LogP contribution in [0.1, 0.15) is 11.4 Å². The predicted octanol–water partition coefficient (Wildman–Crippen LogP) is 2.17. The highest BCUT2D eigenvalue weighted by molar-refractivity contribution is 5.61. The van der Waals surface area contributed by atoms with Crippen LogP contribution in [0.2, 0.25) is 0 Å². The maximum Gasteiger partial charge on any atom is 0.422 e. The molecule has 0 unspecified atom stereocenters. The second-order valence-electron chi connectivity index (χ2n) is 3.76. The Balaban J connectivity index is 2.56. The van der Waals surface area contributed by atoms with Gasteiger partial charge in [0.05, 0.1) is 4.92 Å². The fourth-order valence-corrected chi connectivity index (χ4v) is 1.46. The Labute approximate surface area is 109 Å². The van der Waals surface area contributed by atoms with Gasteiger partial charge in [-0.3, -0.25) is 10.1 Å². The van der Waals surface area contributed by atoms with Gasteiger partial charge < -0.3 is 0 Å². The Kier molecular flexibility index (Phi) is 3.30. The lowest BCUT2D eigenvalue weighted by Crippen LogP contribution is -2.09. The van der Waals surface area contributed by atoms with Crippen molar-refractivity contribution in [2.75, 3.05) is 0 Å². The molecule has 7 nitrogen and oxygen atoms in total. The van der Waals surface area contributed by atoms with Crippen LogP contribution in [-0.4, -0.2) is 25.3 Å². The van der Waals surface area contributed by atoms with Crippen molar-refractivity contribution in [1.82, 2.24) is 20.4 Å². The molecule has 2 aromatic rings. The lowest BCUT2D eigenvalue weighted by atomic mass is 10.1. The molecule has 1 heterocycles. The lowest BCUT2D eigenvalue weighted by molar-refractivity contribution is -0.388. The summed E-state index contributed by atoms with van der Waals surface area (Å²) in [6.45, 7) is 1.53. The quantitative estimate of drug-likeness (QED) is 0.620. The van der Waals surface area contributed by atoms with Gasteiger partial charge in [-0.1, -0.05) is 0 Å². The van der Waals surface area contributed by atoms with E-state index in [-0.39, 0.29) is 17.2 Å². The van der Waals surface area contributed by atoms with E-state index in [0.717, 1.165) is 12.1 Å². The molecule has 0 aliphatic heterocycles. The van der Waals surface area contributed by atoms with E-state index in [2.05, 4.69) is 20.4 Å². The van der Waals surface area contributed by atoms with Crippen LogP contribution in [0.3, 0.4) is 0 Å². The molecule has 0 amide bonds. The number of nitrogens with zero attached hydrogens (tertiary/aromatic N) is 5. The van der Waals surface area contributed by atoms with E-state index in [4.69, 9.17) is 0 Å². The van der Waals surface area contributed by atoms with Gasteiger partial charge in [-0.2, -0.15) is 13.2 Å². The molecule has 1 aromatic carbocycles. The molecule has 0 aliphatic carbocycles. The fraction of sp³-hybridized carbons (Fsp3) is 0.200. The first-order valence-electron chi connectivity index (χ1n) is 5.19. The van der Waals surface area contributed by atoms with Gasteiger partial charge >= 0.3 is 6.18 Å². The van der Waals surface area contributed by atoms with Crippen molar-refractivity contribution in [2.24, 2.45) is 0 Å². The molecule has 104 valence electrons. The molecule has 0 saturated carbocycles. The first-order chi connectivity index (χ1) is 9.29. The van der Waals surface area contributed by atoms with E-state index in [0.29, 0.717) is 6.07 Å². The minimum Gasteiger partial charge on any atom is -0.258 e. The Morgan fingerprint density at radius 3 is 2.25 bits per heavy atom. The Hall–Kier alpha value is -2.65. The summed E-state index contributed by atoms with van der Waals surface area (Å²) in [5.41, 5.74) is -2.37. The number of aromatic nitrogens is 4. The minimum absolute atomic E-state index is 0.0321. The van der Waals surface area contributed by atoms with E-state index < -0.39 is 22.4 Å². The number of alkyl halides is 3. The Morgan fingerprint density at radius 2 is 1.75 bits per heavy atom. The first kappa shape index (κ1) is 13.8. The van der Waals surface area contributed by atoms with Gasteiger partial charge in [0.1, 0.15) is 5.56 Å². The molecule has 10 heteroatoms. The molecule has 0 saturated heterocycles. The third-order valence-electron chi connectivity index (χ3n) is 2.34. The molecule has 0 aliphatic rings. The molecule has 0 radical (unpaired) electrons. The Morgan fingerprint density at radius 1 is 1.15 bits per heavy atom. The lowest BCUT2D eigenvalue weighted by Gasteiger charge is -2.08. The highest BCUT2D eigenvalue weighted by Gasteiger charge is 2.38. The SMILES string of the molecule is Cc1nnc(-c2ccc(C(F)(F)F)c([N+](=O)[O-])c2)nn1. The standard InChI is InChI=1S/C10H6F3N5O2/c1-5-14-16-9(17-15-5)6-2-3-7(10(11,12)13)8(4-6)18(19)20/h2-4H,1H3. The fourth-order valence-electron chi connectivity index (χ4n) is 1.46. The maximum absolute atomic E-state index is 12.6. The minimum atomic E-state index is -4.81. The summed E-state index contributed by atoms with van der Waals surface area (Å²) in [6, 6.07) is 2.39. The van der Waals surface area contributed by atoms with E-state index in [1.807, 2.05) is 0 Å². The Bertz CT molecular complexity index is 657. The van der Waals surface area contributed by atoms with E-state index in [1.54, 1.807) is 0 Å². The molecular formula is C10H6F3N5O2. The number of nitro benzene ring substituents is 1. The molecule has 0 bridgehead atoms. The van der Waals surface area contributed by atoms with Crippen molar-refractivity contribution >= 4 is 5.69 Å². The van der Waals surface area contributed by atoms with Gasteiger partial charge in [0.15, 0.2) is 5.82 Å². The van der Waals surface area contributed by atoms with Gasteiger partial charge in [0.2, 0.25) is 5.82 Å². The monoisotopic (exact) mass is 285 g/mol. The summed E-state index contributed by atoms with van der Waals surface area (Å²) in [7, 11) is 0. The second kappa shape index (κ2) is 4.79. The summed E-state index contributed by atoms with van der Waals surface area (Å²) in [4.78, 5) is 9.63. The van der Waals surface area contributed by atoms with Gasteiger partial charge in [-0.25, -0.2) is 0 Å². The summed E-state index contributed by atoms with van der Waals surface area (Å²) in [6.07, 6.45) is -4.81. The van der Waals surface area contributed by atoms with E-state index >= 15 is 0 Å². The molecule has 0 fully saturated rings. The molecule has 0 spiro atoms. The van der Waals surface area contributed by atoms with Crippen molar-refractivity contribution in [3.8, 4) is 11.4 Å². The number of rotatable bonds is 2. The average Bonchev–Trinajstić information content (AvgIpc) is 2.37. The number of benzene rings is 1. The highest BCUT2D eigenvalue weighted by atomic mass is 19.4. The van der Waals surface area contributed by atoms with Crippen LogP contribution in [0.15, 0.2) is 18.2 Å². The highest BCUT2D eigenvalue weighted by Crippen LogP contribution is 2.37. The molecule has 2 rings (SSSR count). The summed E-state index contributed by atoms with van der Waals surface area (Å²) in [5, 5.41) is 25.1. The normalized spacial score (nSPS) is 11.4. The van der Waals surface area contributed by atoms with Crippen LogP contribution in [-0.2, 0) is 6.18 Å². The second-order valence-corrected chi connectivity index (χ2v) is 3.76. The maximum atomic E-state index is 12.6. The molecular weight excluding hydrogens is 279 g/mol. The van der Waals surface area contributed by atoms with Crippen molar-refractivity contribution in [1.29, 1.82) is 0 Å². The molecule has 1 aromatic heterocycles. The third kappa shape index (κ3) is 2.68. The van der Waals surface area contributed by atoms with E-state index in [9.17, 15) is 23.3 Å². The number of nitro groups is 1. The van der Waals surface area contributed by atoms with Crippen LogP contribution in [0.5, 0.6) is 0 Å². The van der Waals surface area contributed by atoms with Crippen LogP contribution >= 0.6 is 0 Å².